The van der Waals surface area contributed by atoms with E-state index < -0.39 is 0 Å². The molecule has 2 N–H and O–H groups in total. The fourth-order valence-corrected chi connectivity index (χ4v) is 2.45. The lowest BCUT2D eigenvalue weighted by molar-refractivity contribution is 0.0665. The van der Waals surface area contributed by atoms with Crippen molar-refractivity contribution in [2.45, 2.75) is 38.3 Å². The minimum Gasteiger partial charge on any atom is -0.376 e. The van der Waals surface area contributed by atoms with Gasteiger partial charge >= 0.3 is 0 Å². The maximum absolute atomic E-state index is 12.1. The van der Waals surface area contributed by atoms with Crippen molar-refractivity contribution in [1.82, 2.24) is 10.3 Å². The fraction of sp³-hybridized carbons (Fsp3) is 0.538. The van der Waals surface area contributed by atoms with Gasteiger partial charge in [0.1, 0.15) is 4.64 Å². The number of rotatable bonds is 4. The first kappa shape index (κ1) is 13.2. The zero-order chi connectivity index (χ0) is 13.0. The number of carbonyl (C=O) groups is 1. The number of carbonyl (C=O) groups excluding carboxylic acids is 1. The molecule has 0 spiro atoms. The molecule has 2 atom stereocenters. The highest BCUT2D eigenvalue weighted by atomic mass is 32.1. The van der Waals surface area contributed by atoms with Crippen molar-refractivity contribution >= 4 is 18.1 Å². The van der Waals surface area contributed by atoms with Crippen LogP contribution in [0.5, 0.6) is 0 Å². The summed E-state index contributed by atoms with van der Waals surface area (Å²) in [5, 5.41) is 3.02. The van der Waals surface area contributed by atoms with Gasteiger partial charge in [-0.05, 0) is 31.4 Å². The van der Waals surface area contributed by atoms with Crippen LogP contribution in [0.15, 0.2) is 18.3 Å². The number of H-pyrrole nitrogens is 1. The van der Waals surface area contributed by atoms with Crippen molar-refractivity contribution in [2.75, 3.05) is 6.61 Å². The van der Waals surface area contributed by atoms with Crippen molar-refractivity contribution in [3.8, 4) is 0 Å². The Morgan fingerprint density at radius 1 is 1.72 bits per heavy atom. The predicted molar refractivity (Wildman–Crippen MR) is 72.1 cm³/mol. The third-order valence-electron chi connectivity index (χ3n) is 3.23. The number of amides is 1. The minimum absolute atomic E-state index is 0.0645. The zero-order valence-corrected chi connectivity index (χ0v) is 11.3. The van der Waals surface area contributed by atoms with E-state index >= 15 is 0 Å². The van der Waals surface area contributed by atoms with Gasteiger partial charge in [-0.1, -0.05) is 19.1 Å². The maximum Gasteiger partial charge on any atom is 0.254 e. The summed E-state index contributed by atoms with van der Waals surface area (Å²) >= 11 is 5.10. The molecule has 5 heteroatoms. The number of hydrogen-bond acceptors (Lipinski definition) is 3. The van der Waals surface area contributed by atoms with Gasteiger partial charge in [0.15, 0.2) is 0 Å². The summed E-state index contributed by atoms with van der Waals surface area (Å²) in [6.07, 6.45) is 4.80. The maximum atomic E-state index is 12.1. The van der Waals surface area contributed by atoms with Gasteiger partial charge in [-0.2, -0.15) is 0 Å². The van der Waals surface area contributed by atoms with Gasteiger partial charge in [0, 0.05) is 12.8 Å². The Morgan fingerprint density at radius 3 is 3.17 bits per heavy atom. The molecule has 1 saturated heterocycles. The van der Waals surface area contributed by atoms with Crippen LogP contribution in [0.4, 0.5) is 0 Å². The van der Waals surface area contributed by atoms with Crippen LogP contribution in [0.1, 0.15) is 36.5 Å². The molecular weight excluding hydrogens is 248 g/mol. The molecule has 4 nitrogen and oxygen atoms in total. The van der Waals surface area contributed by atoms with Crippen LogP contribution in [-0.2, 0) is 4.74 Å². The topological polar surface area (TPSA) is 54.1 Å². The molecule has 1 aliphatic rings. The molecule has 1 amide bonds. The van der Waals surface area contributed by atoms with Crippen LogP contribution >= 0.6 is 12.2 Å². The number of pyridine rings is 1. The van der Waals surface area contributed by atoms with Crippen LogP contribution in [0.25, 0.3) is 0 Å². The van der Waals surface area contributed by atoms with Gasteiger partial charge in [-0.15, -0.1) is 0 Å². The summed E-state index contributed by atoms with van der Waals surface area (Å²) in [4.78, 5) is 15.0. The molecule has 0 aliphatic carbocycles. The smallest absolute Gasteiger partial charge is 0.254 e. The number of aromatic nitrogens is 1. The average molecular weight is 266 g/mol. The van der Waals surface area contributed by atoms with Crippen LogP contribution in [0.2, 0.25) is 0 Å². The molecule has 98 valence electrons. The predicted octanol–water partition coefficient (Wildman–Crippen LogP) is 2.43. The first-order valence-electron chi connectivity index (χ1n) is 6.32. The fourth-order valence-electron chi connectivity index (χ4n) is 2.22. The molecule has 0 unspecified atom stereocenters. The third kappa shape index (κ3) is 2.97. The molecule has 1 aromatic heterocycles. The van der Waals surface area contributed by atoms with Crippen molar-refractivity contribution in [3.05, 3.63) is 28.5 Å². The molecule has 2 heterocycles. The molecule has 1 fully saturated rings. The van der Waals surface area contributed by atoms with Crippen molar-refractivity contribution < 1.29 is 9.53 Å². The number of hydrogen-bond donors (Lipinski definition) is 2. The molecular formula is C13H18N2O2S. The third-order valence-corrected chi connectivity index (χ3v) is 3.57. The van der Waals surface area contributed by atoms with Crippen LogP contribution < -0.4 is 5.32 Å². The van der Waals surface area contributed by atoms with Gasteiger partial charge in [0.25, 0.3) is 5.91 Å². The van der Waals surface area contributed by atoms with E-state index in [-0.39, 0.29) is 18.1 Å². The number of ether oxygens (including phenoxy) is 1. The summed E-state index contributed by atoms with van der Waals surface area (Å²) in [6.45, 7) is 2.85. The largest absolute Gasteiger partial charge is 0.376 e. The van der Waals surface area contributed by atoms with E-state index in [2.05, 4.69) is 17.2 Å². The zero-order valence-electron chi connectivity index (χ0n) is 10.4. The SMILES string of the molecule is CC[C@H](NC(=O)c1ccc[nH]c1=S)[C@@H]1CCCO1. The minimum atomic E-state index is -0.126. The standard InChI is InChI=1S/C13H18N2O2S/c1-2-10(11-6-4-8-17-11)15-12(16)9-5-3-7-14-13(9)18/h3,5,7,10-11H,2,4,6,8H2,1H3,(H,14,18)(H,15,16)/t10-,11-/m0/s1. The van der Waals surface area contributed by atoms with Gasteiger partial charge in [0.05, 0.1) is 17.7 Å². The highest BCUT2D eigenvalue weighted by Gasteiger charge is 2.26. The average Bonchev–Trinajstić information content (AvgIpc) is 2.90. The Balaban J connectivity index is 2.05. The lowest BCUT2D eigenvalue weighted by atomic mass is 10.1. The van der Waals surface area contributed by atoms with Crippen LogP contribution in [-0.4, -0.2) is 29.6 Å². The summed E-state index contributed by atoms with van der Waals surface area (Å²) in [5.74, 6) is -0.126. The summed E-state index contributed by atoms with van der Waals surface area (Å²) in [6, 6.07) is 3.57. The molecule has 1 aromatic rings. The first-order valence-corrected chi connectivity index (χ1v) is 6.73. The summed E-state index contributed by atoms with van der Waals surface area (Å²) < 4.78 is 6.09. The number of aromatic amines is 1. The Labute approximate surface area is 112 Å². The lowest BCUT2D eigenvalue weighted by Crippen LogP contribution is -2.42. The highest BCUT2D eigenvalue weighted by Crippen LogP contribution is 2.18. The van der Waals surface area contributed by atoms with Crippen molar-refractivity contribution in [2.24, 2.45) is 0 Å². The Morgan fingerprint density at radius 2 is 2.56 bits per heavy atom. The molecule has 2 rings (SSSR count). The van der Waals surface area contributed by atoms with E-state index in [1.165, 1.54) is 0 Å². The van der Waals surface area contributed by atoms with E-state index in [1.54, 1.807) is 18.3 Å². The Hall–Kier alpha value is -1.20. The van der Waals surface area contributed by atoms with Gasteiger partial charge in [0.2, 0.25) is 0 Å². The van der Waals surface area contributed by atoms with E-state index in [0.29, 0.717) is 10.2 Å². The number of nitrogens with one attached hydrogen (secondary N) is 2. The second kappa shape index (κ2) is 6.11. The molecule has 0 aromatic carbocycles. The molecule has 0 radical (unpaired) electrons. The monoisotopic (exact) mass is 266 g/mol. The first-order chi connectivity index (χ1) is 8.72. The molecule has 0 saturated carbocycles. The van der Waals surface area contributed by atoms with Gasteiger partial charge in [-0.3, -0.25) is 4.79 Å². The quantitative estimate of drug-likeness (QED) is 0.823. The summed E-state index contributed by atoms with van der Waals surface area (Å²) in [7, 11) is 0. The Bertz CT molecular complexity index is 466. The second-order valence-corrected chi connectivity index (χ2v) is 4.86. The van der Waals surface area contributed by atoms with Crippen LogP contribution in [0, 0.1) is 4.64 Å². The normalized spacial score (nSPS) is 20.6. The van der Waals surface area contributed by atoms with Gasteiger partial charge < -0.3 is 15.0 Å². The van der Waals surface area contributed by atoms with E-state index in [4.69, 9.17) is 17.0 Å². The lowest BCUT2D eigenvalue weighted by Gasteiger charge is -2.22. The van der Waals surface area contributed by atoms with E-state index in [1.807, 2.05) is 0 Å². The Kier molecular flexibility index (Phi) is 4.49. The highest BCUT2D eigenvalue weighted by molar-refractivity contribution is 7.71. The summed E-state index contributed by atoms with van der Waals surface area (Å²) in [5.41, 5.74) is 0.518. The molecule has 18 heavy (non-hydrogen) atoms. The van der Waals surface area contributed by atoms with Gasteiger partial charge in [-0.25, -0.2) is 0 Å². The van der Waals surface area contributed by atoms with Crippen LogP contribution in [0.3, 0.4) is 0 Å². The van der Waals surface area contributed by atoms with Crippen molar-refractivity contribution in [1.29, 1.82) is 0 Å². The molecule has 1 aliphatic heterocycles. The molecule has 0 bridgehead atoms. The van der Waals surface area contributed by atoms with Crippen molar-refractivity contribution in [3.63, 3.8) is 0 Å². The van der Waals surface area contributed by atoms with E-state index in [0.717, 1.165) is 25.9 Å². The van der Waals surface area contributed by atoms with E-state index in [9.17, 15) is 4.79 Å². The second-order valence-electron chi connectivity index (χ2n) is 4.45.